The molecule has 1 N–H and O–H groups in total. The van der Waals surface area contributed by atoms with Crippen LogP contribution < -0.4 is 9.47 Å². The van der Waals surface area contributed by atoms with Crippen LogP contribution in [0.25, 0.3) is 10.9 Å². The van der Waals surface area contributed by atoms with Gasteiger partial charge in [-0.25, -0.2) is 0 Å². The number of aromatic hydroxyl groups is 1. The number of hydrogen-bond donors (Lipinski definition) is 1. The standard InChI is InChI=1S/C20H20ClN3O4/c1-4-24-16-7-6-14(27-3)10-15(16)19(20(24)26)23-22-18(25)11-28-17-8-5-13(21)9-12(17)2/h5-10,26H,4,11H2,1-3H3. The fourth-order valence-electron chi connectivity index (χ4n) is 2.90. The first-order valence-electron chi connectivity index (χ1n) is 8.67. The maximum atomic E-state index is 12.1. The molecule has 28 heavy (non-hydrogen) atoms. The Hall–Kier alpha value is -3.06. The van der Waals surface area contributed by atoms with Gasteiger partial charge in [0.05, 0.1) is 12.6 Å². The van der Waals surface area contributed by atoms with Crippen molar-refractivity contribution in [3.63, 3.8) is 0 Å². The van der Waals surface area contributed by atoms with Gasteiger partial charge in [0.25, 0.3) is 0 Å². The highest BCUT2D eigenvalue weighted by atomic mass is 35.5. The zero-order chi connectivity index (χ0) is 20.3. The van der Waals surface area contributed by atoms with Crippen LogP contribution in [0.1, 0.15) is 12.5 Å². The minimum absolute atomic E-state index is 0.0585. The molecule has 1 aromatic heterocycles. The van der Waals surface area contributed by atoms with Crippen molar-refractivity contribution in [2.24, 2.45) is 10.2 Å². The molecule has 1 amide bonds. The summed E-state index contributed by atoms with van der Waals surface area (Å²) < 4.78 is 12.4. The van der Waals surface area contributed by atoms with E-state index in [1.165, 1.54) is 0 Å². The SMILES string of the molecule is CCn1c(O)c(N=NC(=O)COc2ccc(Cl)cc2C)c2cc(OC)ccc21. The maximum absolute atomic E-state index is 12.1. The molecule has 3 rings (SSSR count). The Morgan fingerprint density at radius 2 is 2.04 bits per heavy atom. The van der Waals surface area contributed by atoms with Crippen LogP contribution in [0, 0.1) is 6.92 Å². The van der Waals surface area contributed by atoms with Gasteiger partial charge in [0.2, 0.25) is 5.88 Å². The second-order valence-corrected chi connectivity index (χ2v) is 6.53. The van der Waals surface area contributed by atoms with E-state index in [0.717, 1.165) is 11.1 Å². The highest BCUT2D eigenvalue weighted by molar-refractivity contribution is 6.30. The summed E-state index contributed by atoms with van der Waals surface area (Å²) in [7, 11) is 1.55. The van der Waals surface area contributed by atoms with Crippen LogP contribution in [0.5, 0.6) is 17.4 Å². The van der Waals surface area contributed by atoms with Gasteiger partial charge in [-0.15, -0.1) is 10.2 Å². The molecule has 8 heteroatoms. The van der Waals surface area contributed by atoms with E-state index in [-0.39, 0.29) is 18.2 Å². The normalized spacial score (nSPS) is 11.3. The predicted octanol–water partition coefficient (Wildman–Crippen LogP) is 5.03. The average Bonchev–Trinajstić information content (AvgIpc) is 2.95. The van der Waals surface area contributed by atoms with Crippen molar-refractivity contribution in [1.82, 2.24) is 4.57 Å². The van der Waals surface area contributed by atoms with Crippen LogP contribution in [-0.4, -0.2) is 29.3 Å². The number of benzene rings is 2. The third-order valence-electron chi connectivity index (χ3n) is 4.28. The molecule has 0 aliphatic rings. The Labute approximate surface area is 167 Å². The highest BCUT2D eigenvalue weighted by Gasteiger charge is 2.17. The zero-order valence-corrected chi connectivity index (χ0v) is 16.5. The average molecular weight is 402 g/mol. The van der Waals surface area contributed by atoms with Crippen molar-refractivity contribution in [3.8, 4) is 17.4 Å². The molecule has 0 bridgehead atoms. The lowest BCUT2D eigenvalue weighted by Gasteiger charge is -2.06. The molecular weight excluding hydrogens is 382 g/mol. The largest absolute Gasteiger partial charge is 0.497 e. The van der Waals surface area contributed by atoms with Crippen molar-refractivity contribution in [2.75, 3.05) is 13.7 Å². The number of methoxy groups -OCH3 is 1. The van der Waals surface area contributed by atoms with E-state index in [2.05, 4.69) is 10.2 Å². The molecule has 146 valence electrons. The molecule has 7 nitrogen and oxygen atoms in total. The van der Waals surface area contributed by atoms with E-state index in [1.807, 2.05) is 19.9 Å². The molecule has 1 heterocycles. The van der Waals surface area contributed by atoms with E-state index in [4.69, 9.17) is 21.1 Å². The number of aromatic nitrogens is 1. The quantitative estimate of drug-likeness (QED) is 0.587. The smallest absolute Gasteiger partial charge is 0.302 e. The number of azo groups is 1. The number of nitrogens with zero attached hydrogens (tertiary/aromatic N) is 3. The lowest BCUT2D eigenvalue weighted by molar-refractivity contribution is -0.120. The van der Waals surface area contributed by atoms with Gasteiger partial charge < -0.3 is 19.1 Å². The van der Waals surface area contributed by atoms with E-state index in [1.54, 1.807) is 42.0 Å². The van der Waals surface area contributed by atoms with E-state index in [0.29, 0.717) is 28.5 Å². The molecule has 0 saturated heterocycles. The number of ether oxygens (including phenoxy) is 2. The molecule has 0 radical (unpaired) electrons. The second-order valence-electron chi connectivity index (χ2n) is 6.09. The summed E-state index contributed by atoms with van der Waals surface area (Å²) in [6.07, 6.45) is 0. The Kier molecular flexibility index (Phi) is 5.84. The van der Waals surface area contributed by atoms with Crippen LogP contribution in [0.4, 0.5) is 5.69 Å². The number of hydrogen-bond acceptors (Lipinski definition) is 5. The first kappa shape index (κ1) is 19.7. The molecule has 0 fully saturated rings. The van der Waals surface area contributed by atoms with E-state index in [9.17, 15) is 9.90 Å². The summed E-state index contributed by atoms with van der Waals surface area (Å²) >= 11 is 5.90. The molecule has 0 saturated carbocycles. The van der Waals surface area contributed by atoms with Gasteiger partial charge in [0, 0.05) is 17.0 Å². The molecule has 0 spiro atoms. The van der Waals surface area contributed by atoms with Crippen molar-refractivity contribution in [3.05, 3.63) is 47.0 Å². The Bertz CT molecular complexity index is 1060. The number of aryl methyl sites for hydroxylation is 2. The van der Waals surface area contributed by atoms with Crippen molar-refractivity contribution < 1.29 is 19.4 Å². The maximum Gasteiger partial charge on any atom is 0.302 e. The van der Waals surface area contributed by atoms with Gasteiger partial charge in [0.15, 0.2) is 12.3 Å². The molecule has 0 unspecified atom stereocenters. The Balaban J connectivity index is 1.82. The van der Waals surface area contributed by atoms with Gasteiger partial charge in [-0.1, -0.05) is 11.6 Å². The molecule has 0 aliphatic heterocycles. The van der Waals surface area contributed by atoms with Gasteiger partial charge in [-0.2, -0.15) is 0 Å². The van der Waals surface area contributed by atoms with Gasteiger partial charge >= 0.3 is 5.91 Å². The Morgan fingerprint density at radius 1 is 1.25 bits per heavy atom. The van der Waals surface area contributed by atoms with Crippen LogP contribution in [0.3, 0.4) is 0 Å². The third kappa shape index (κ3) is 3.94. The monoisotopic (exact) mass is 401 g/mol. The number of rotatable bonds is 6. The minimum Gasteiger partial charge on any atom is -0.497 e. The molecule has 0 aliphatic carbocycles. The second kappa shape index (κ2) is 8.31. The lowest BCUT2D eigenvalue weighted by Crippen LogP contribution is -2.08. The number of carbonyl (C=O) groups excluding carboxylic acids is 1. The summed E-state index contributed by atoms with van der Waals surface area (Å²) in [4.78, 5) is 12.1. The summed E-state index contributed by atoms with van der Waals surface area (Å²) in [5.74, 6) is 0.527. The fourth-order valence-corrected chi connectivity index (χ4v) is 3.12. The van der Waals surface area contributed by atoms with Crippen LogP contribution in [0.15, 0.2) is 46.6 Å². The fraction of sp³-hybridized carbons (Fsp3) is 0.250. The van der Waals surface area contributed by atoms with Gasteiger partial charge in [0.1, 0.15) is 11.5 Å². The summed E-state index contributed by atoms with van der Waals surface area (Å²) in [5.41, 5.74) is 1.80. The highest BCUT2D eigenvalue weighted by Crippen LogP contribution is 2.40. The third-order valence-corrected chi connectivity index (χ3v) is 4.52. The van der Waals surface area contributed by atoms with Crippen LogP contribution in [-0.2, 0) is 11.3 Å². The predicted molar refractivity (Wildman–Crippen MR) is 107 cm³/mol. The van der Waals surface area contributed by atoms with Crippen molar-refractivity contribution in [1.29, 1.82) is 0 Å². The summed E-state index contributed by atoms with van der Waals surface area (Å²) in [6, 6.07) is 10.5. The molecule has 3 aromatic rings. The Morgan fingerprint density at radius 3 is 2.71 bits per heavy atom. The number of halogens is 1. The number of fused-ring (bicyclic) bond motifs is 1. The van der Waals surface area contributed by atoms with Gasteiger partial charge in [-0.3, -0.25) is 4.79 Å². The first-order valence-corrected chi connectivity index (χ1v) is 9.05. The topological polar surface area (TPSA) is 85.4 Å². The van der Waals surface area contributed by atoms with E-state index >= 15 is 0 Å². The van der Waals surface area contributed by atoms with Crippen molar-refractivity contribution in [2.45, 2.75) is 20.4 Å². The van der Waals surface area contributed by atoms with E-state index < -0.39 is 5.91 Å². The summed E-state index contributed by atoms with van der Waals surface area (Å²) in [5, 5.41) is 19.4. The lowest BCUT2D eigenvalue weighted by atomic mass is 10.2. The number of amides is 1. The van der Waals surface area contributed by atoms with Gasteiger partial charge in [-0.05, 0) is 55.8 Å². The molecular formula is C20H20ClN3O4. The van der Waals surface area contributed by atoms with Crippen LogP contribution in [0.2, 0.25) is 5.02 Å². The van der Waals surface area contributed by atoms with Crippen LogP contribution >= 0.6 is 11.6 Å². The molecule has 0 atom stereocenters. The van der Waals surface area contributed by atoms with Crippen molar-refractivity contribution >= 4 is 34.1 Å². The minimum atomic E-state index is -0.575. The number of carbonyl (C=O) groups is 1. The molecule has 2 aromatic carbocycles. The zero-order valence-electron chi connectivity index (χ0n) is 15.8. The first-order chi connectivity index (χ1) is 13.4. The summed E-state index contributed by atoms with van der Waals surface area (Å²) in [6.45, 7) is 4.00.